The third-order valence-corrected chi connectivity index (χ3v) is 1.79. The number of hydrogen-bond acceptors (Lipinski definition) is 2. The van der Waals surface area contributed by atoms with Crippen LogP contribution in [0.4, 0.5) is 0 Å². The van der Waals surface area contributed by atoms with Gasteiger partial charge in [0.05, 0.1) is 0 Å². The molecule has 0 saturated carbocycles. The van der Waals surface area contributed by atoms with E-state index in [0.29, 0.717) is 19.3 Å². The van der Waals surface area contributed by atoms with Crippen LogP contribution in [0.25, 0.3) is 0 Å². The van der Waals surface area contributed by atoms with Crippen molar-refractivity contribution in [3.63, 3.8) is 0 Å². The number of carboxylic acids is 1. The highest BCUT2D eigenvalue weighted by atomic mass is 16.4. The van der Waals surface area contributed by atoms with Gasteiger partial charge in [0.1, 0.15) is 6.04 Å². The first-order valence-corrected chi connectivity index (χ1v) is 4.74. The normalized spacial score (nSPS) is 11.8. The summed E-state index contributed by atoms with van der Waals surface area (Å²) in [5, 5.41) is 11.2. The van der Waals surface area contributed by atoms with Crippen LogP contribution in [0.2, 0.25) is 0 Å². The third-order valence-electron chi connectivity index (χ3n) is 1.79. The minimum atomic E-state index is -0.973. The molecule has 80 valence electrons. The van der Waals surface area contributed by atoms with E-state index in [0.717, 1.165) is 6.42 Å². The summed E-state index contributed by atoms with van der Waals surface area (Å²) in [5.74, 6) is -1.20. The van der Waals surface area contributed by atoms with Gasteiger partial charge in [-0.3, -0.25) is 4.79 Å². The molecule has 4 nitrogen and oxygen atoms in total. The van der Waals surface area contributed by atoms with E-state index in [4.69, 9.17) is 5.11 Å². The fraction of sp³-hybridized carbons (Fsp3) is 0.600. The Labute approximate surface area is 84.0 Å². The second kappa shape index (κ2) is 7.12. The second-order valence-electron chi connectivity index (χ2n) is 3.07. The summed E-state index contributed by atoms with van der Waals surface area (Å²) in [6.45, 7) is 5.37. The van der Waals surface area contributed by atoms with Crippen molar-refractivity contribution in [3.05, 3.63) is 12.7 Å². The van der Waals surface area contributed by atoms with Gasteiger partial charge in [-0.2, -0.15) is 0 Å². The quantitative estimate of drug-likeness (QED) is 0.608. The lowest BCUT2D eigenvalue weighted by Crippen LogP contribution is -2.40. The molecule has 1 amide bonds. The summed E-state index contributed by atoms with van der Waals surface area (Å²) >= 11 is 0. The zero-order chi connectivity index (χ0) is 11.0. The summed E-state index contributed by atoms with van der Waals surface area (Å²) in [5.41, 5.74) is 0. The Kier molecular flexibility index (Phi) is 6.45. The number of carbonyl (C=O) groups excluding carboxylic acids is 1. The maximum absolute atomic E-state index is 11.2. The maximum atomic E-state index is 11.2. The summed E-state index contributed by atoms with van der Waals surface area (Å²) in [6, 6.07) is -0.752. The van der Waals surface area contributed by atoms with Crippen molar-refractivity contribution in [2.24, 2.45) is 0 Å². The average molecular weight is 199 g/mol. The second-order valence-corrected chi connectivity index (χ2v) is 3.07. The van der Waals surface area contributed by atoms with Crippen LogP contribution in [0.1, 0.15) is 32.6 Å². The zero-order valence-electron chi connectivity index (χ0n) is 8.45. The van der Waals surface area contributed by atoms with Gasteiger partial charge in [0.15, 0.2) is 0 Å². The lowest BCUT2D eigenvalue weighted by Gasteiger charge is -2.12. The Bertz CT molecular complexity index is 213. The molecular formula is C10H17NO3. The number of amides is 1. The molecular weight excluding hydrogens is 182 g/mol. The number of hydrogen-bond donors (Lipinski definition) is 2. The molecule has 0 rings (SSSR count). The van der Waals surface area contributed by atoms with Gasteiger partial charge in [0.2, 0.25) is 5.91 Å². The van der Waals surface area contributed by atoms with Crippen LogP contribution in [0.15, 0.2) is 12.7 Å². The van der Waals surface area contributed by atoms with Crippen LogP contribution in [-0.4, -0.2) is 23.0 Å². The molecule has 1 atom stereocenters. The Hall–Kier alpha value is -1.32. The number of aliphatic carboxylic acids is 1. The highest BCUT2D eigenvalue weighted by Crippen LogP contribution is 1.98. The van der Waals surface area contributed by atoms with Gasteiger partial charge in [-0.05, 0) is 12.8 Å². The molecule has 0 aliphatic heterocycles. The largest absolute Gasteiger partial charge is 0.480 e. The van der Waals surface area contributed by atoms with Crippen molar-refractivity contribution >= 4 is 11.9 Å². The monoisotopic (exact) mass is 199 g/mol. The lowest BCUT2D eigenvalue weighted by atomic mass is 10.1. The molecule has 0 spiro atoms. The lowest BCUT2D eigenvalue weighted by molar-refractivity contribution is -0.142. The molecule has 0 radical (unpaired) electrons. The number of carboxylic acid groups (broad SMARTS) is 1. The smallest absolute Gasteiger partial charge is 0.326 e. The van der Waals surface area contributed by atoms with E-state index < -0.39 is 12.0 Å². The Balaban J connectivity index is 3.95. The fourth-order valence-corrected chi connectivity index (χ4v) is 1.05. The van der Waals surface area contributed by atoms with Crippen molar-refractivity contribution in [2.75, 3.05) is 0 Å². The van der Waals surface area contributed by atoms with Gasteiger partial charge in [0.25, 0.3) is 0 Å². The van der Waals surface area contributed by atoms with Crippen LogP contribution < -0.4 is 5.32 Å². The molecule has 0 saturated heterocycles. The number of nitrogens with one attached hydrogen (secondary N) is 1. The fourth-order valence-electron chi connectivity index (χ4n) is 1.05. The summed E-state index contributed by atoms with van der Waals surface area (Å²) in [4.78, 5) is 21.8. The van der Waals surface area contributed by atoms with E-state index >= 15 is 0 Å². The van der Waals surface area contributed by atoms with E-state index in [1.807, 2.05) is 6.92 Å². The summed E-state index contributed by atoms with van der Waals surface area (Å²) < 4.78 is 0. The minimum Gasteiger partial charge on any atom is -0.480 e. The van der Waals surface area contributed by atoms with Crippen molar-refractivity contribution in [1.82, 2.24) is 5.32 Å². The van der Waals surface area contributed by atoms with Gasteiger partial charge in [-0.1, -0.05) is 19.4 Å². The van der Waals surface area contributed by atoms with Gasteiger partial charge in [-0.15, -0.1) is 6.58 Å². The maximum Gasteiger partial charge on any atom is 0.326 e. The van der Waals surface area contributed by atoms with E-state index in [1.165, 1.54) is 0 Å². The van der Waals surface area contributed by atoms with Gasteiger partial charge in [-0.25, -0.2) is 4.79 Å². The first-order chi connectivity index (χ1) is 6.61. The molecule has 0 aromatic rings. The SMILES string of the molecule is C=CCCC(=O)NC(CCC)C(=O)O. The number of allylic oxidation sites excluding steroid dienone is 1. The van der Waals surface area contributed by atoms with Crippen LogP contribution in [0.5, 0.6) is 0 Å². The molecule has 4 heteroatoms. The predicted molar refractivity (Wildman–Crippen MR) is 53.9 cm³/mol. The first-order valence-electron chi connectivity index (χ1n) is 4.74. The van der Waals surface area contributed by atoms with Crippen molar-refractivity contribution < 1.29 is 14.7 Å². The molecule has 0 fully saturated rings. The van der Waals surface area contributed by atoms with E-state index in [2.05, 4.69) is 11.9 Å². The molecule has 0 aliphatic rings. The predicted octanol–water partition coefficient (Wildman–Crippen LogP) is 1.32. The minimum absolute atomic E-state index is 0.231. The molecule has 1 unspecified atom stereocenters. The number of rotatable bonds is 7. The Morgan fingerprint density at radius 3 is 2.64 bits per heavy atom. The highest BCUT2D eigenvalue weighted by molar-refractivity contribution is 5.83. The molecule has 0 aromatic carbocycles. The Morgan fingerprint density at radius 1 is 1.57 bits per heavy atom. The molecule has 2 N–H and O–H groups in total. The van der Waals surface area contributed by atoms with Gasteiger partial charge < -0.3 is 10.4 Å². The van der Waals surface area contributed by atoms with Crippen LogP contribution >= 0.6 is 0 Å². The van der Waals surface area contributed by atoms with Gasteiger partial charge in [0, 0.05) is 6.42 Å². The van der Waals surface area contributed by atoms with E-state index in [9.17, 15) is 9.59 Å². The molecule has 14 heavy (non-hydrogen) atoms. The van der Waals surface area contributed by atoms with Crippen LogP contribution in [0, 0.1) is 0 Å². The third kappa shape index (κ3) is 5.35. The first kappa shape index (κ1) is 12.7. The zero-order valence-corrected chi connectivity index (χ0v) is 8.45. The average Bonchev–Trinajstić information content (AvgIpc) is 2.14. The standard InChI is InChI=1S/C10H17NO3/c1-3-5-7-9(12)11-8(6-4-2)10(13)14/h3,8H,1,4-7H2,2H3,(H,11,12)(H,13,14). The summed E-state index contributed by atoms with van der Waals surface area (Å²) in [7, 11) is 0. The van der Waals surface area contributed by atoms with Crippen molar-refractivity contribution in [3.8, 4) is 0 Å². The highest BCUT2D eigenvalue weighted by Gasteiger charge is 2.17. The molecule has 0 heterocycles. The van der Waals surface area contributed by atoms with Crippen molar-refractivity contribution in [1.29, 1.82) is 0 Å². The van der Waals surface area contributed by atoms with Gasteiger partial charge >= 0.3 is 5.97 Å². The van der Waals surface area contributed by atoms with Crippen LogP contribution in [-0.2, 0) is 9.59 Å². The molecule has 0 bridgehead atoms. The Morgan fingerprint density at radius 2 is 2.21 bits per heavy atom. The summed E-state index contributed by atoms with van der Waals surface area (Å²) in [6.07, 6.45) is 3.71. The van der Waals surface area contributed by atoms with E-state index in [-0.39, 0.29) is 5.91 Å². The van der Waals surface area contributed by atoms with Crippen LogP contribution in [0.3, 0.4) is 0 Å². The van der Waals surface area contributed by atoms with Crippen molar-refractivity contribution in [2.45, 2.75) is 38.6 Å². The topological polar surface area (TPSA) is 66.4 Å². The van der Waals surface area contributed by atoms with E-state index in [1.54, 1.807) is 6.08 Å². The number of carbonyl (C=O) groups is 2. The molecule has 0 aliphatic carbocycles. The molecule has 0 aromatic heterocycles.